The standard InChI is InChI=1S/C25H36N4O/c1-6-25(7-2,22-14-9-8-10-15-22)19-28-24(26-3)27-17-16-20-12-11-13-21(18-20)23(30)29(4)5/h8-15,18H,6-7,16-17,19H2,1-5H3,(H2,26,27,28). The third-order valence-corrected chi connectivity index (χ3v) is 5.84. The van der Waals surface area contributed by atoms with Gasteiger partial charge in [-0.15, -0.1) is 0 Å². The maximum absolute atomic E-state index is 12.2. The highest BCUT2D eigenvalue weighted by Gasteiger charge is 2.28. The SMILES string of the molecule is CCC(CC)(CNC(=NC)NCCc1cccc(C(=O)N(C)C)c1)c1ccccc1. The van der Waals surface area contributed by atoms with E-state index in [0.717, 1.165) is 49.4 Å². The van der Waals surface area contributed by atoms with E-state index in [-0.39, 0.29) is 11.3 Å². The van der Waals surface area contributed by atoms with Crippen LogP contribution in [0.3, 0.4) is 0 Å². The molecule has 0 bridgehead atoms. The summed E-state index contributed by atoms with van der Waals surface area (Å²) in [5.74, 6) is 0.830. The molecule has 0 aliphatic rings. The summed E-state index contributed by atoms with van der Waals surface area (Å²) < 4.78 is 0. The molecule has 2 aromatic carbocycles. The molecule has 2 aromatic rings. The van der Waals surface area contributed by atoms with Crippen LogP contribution in [-0.4, -0.2) is 51.0 Å². The predicted molar refractivity (Wildman–Crippen MR) is 126 cm³/mol. The van der Waals surface area contributed by atoms with Gasteiger partial charge in [0.15, 0.2) is 5.96 Å². The average Bonchev–Trinajstić information content (AvgIpc) is 2.79. The average molecular weight is 409 g/mol. The first-order valence-electron chi connectivity index (χ1n) is 10.8. The van der Waals surface area contributed by atoms with Crippen molar-refractivity contribution in [3.05, 3.63) is 71.3 Å². The Bertz CT molecular complexity index is 826. The van der Waals surface area contributed by atoms with Crippen LogP contribution < -0.4 is 10.6 Å². The maximum Gasteiger partial charge on any atom is 0.253 e. The van der Waals surface area contributed by atoms with Crippen LogP contribution in [0, 0.1) is 0 Å². The Morgan fingerprint density at radius 3 is 2.30 bits per heavy atom. The van der Waals surface area contributed by atoms with Gasteiger partial charge in [0, 0.05) is 45.2 Å². The second kappa shape index (κ2) is 11.4. The largest absolute Gasteiger partial charge is 0.356 e. The summed E-state index contributed by atoms with van der Waals surface area (Å²) in [6.45, 7) is 6.07. The Morgan fingerprint density at radius 1 is 1.00 bits per heavy atom. The lowest BCUT2D eigenvalue weighted by Gasteiger charge is -2.33. The van der Waals surface area contributed by atoms with Gasteiger partial charge in [-0.25, -0.2) is 0 Å². The zero-order valence-electron chi connectivity index (χ0n) is 19.0. The van der Waals surface area contributed by atoms with Gasteiger partial charge in [0.1, 0.15) is 0 Å². The number of hydrogen-bond acceptors (Lipinski definition) is 2. The fraction of sp³-hybridized carbons (Fsp3) is 0.440. The van der Waals surface area contributed by atoms with Crippen molar-refractivity contribution in [1.82, 2.24) is 15.5 Å². The number of rotatable bonds is 9. The summed E-state index contributed by atoms with van der Waals surface area (Å²) in [7, 11) is 5.34. The Kier molecular flexibility index (Phi) is 8.90. The van der Waals surface area contributed by atoms with E-state index in [1.54, 1.807) is 26.0 Å². The van der Waals surface area contributed by atoms with Gasteiger partial charge in [-0.05, 0) is 42.5 Å². The quantitative estimate of drug-likeness (QED) is 0.489. The second-order valence-corrected chi connectivity index (χ2v) is 7.86. The van der Waals surface area contributed by atoms with E-state index >= 15 is 0 Å². The molecule has 0 heterocycles. The Hall–Kier alpha value is -2.82. The lowest BCUT2D eigenvalue weighted by Crippen LogP contribution is -2.45. The number of aliphatic imine (C=N–C) groups is 1. The van der Waals surface area contributed by atoms with Crippen molar-refractivity contribution in [2.75, 3.05) is 34.2 Å². The maximum atomic E-state index is 12.2. The highest BCUT2D eigenvalue weighted by Crippen LogP contribution is 2.30. The van der Waals surface area contributed by atoms with Gasteiger partial charge < -0.3 is 15.5 Å². The van der Waals surface area contributed by atoms with Gasteiger partial charge in [-0.1, -0.05) is 56.3 Å². The number of nitrogens with zero attached hydrogens (tertiary/aromatic N) is 2. The van der Waals surface area contributed by atoms with E-state index in [0.29, 0.717) is 0 Å². The fourth-order valence-corrected chi connectivity index (χ4v) is 3.72. The Labute approximate surface area is 181 Å². The first-order valence-corrected chi connectivity index (χ1v) is 10.8. The normalized spacial score (nSPS) is 11.8. The highest BCUT2D eigenvalue weighted by molar-refractivity contribution is 5.94. The predicted octanol–water partition coefficient (Wildman–Crippen LogP) is 3.85. The van der Waals surface area contributed by atoms with Gasteiger partial charge >= 0.3 is 0 Å². The molecular formula is C25H36N4O. The zero-order valence-corrected chi connectivity index (χ0v) is 19.0. The van der Waals surface area contributed by atoms with Crippen LogP contribution in [0.25, 0.3) is 0 Å². The third kappa shape index (κ3) is 6.09. The van der Waals surface area contributed by atoms with E-state index < -0.39 is 0 Å². The van der Waals surface area contributed by atoms with Crippen LogP contribution in [0.1, 0.15) is 48.2 Å². The summed E-state index contributed by atoms with van der Waals surface area (Å²) in [5, 5.41) is 6.92. The first-order chi connectivity index (χ1) is 14.5. The van der Waals surface area contributed by atoms with Gasteiger partial charge in [0.2, 0.25) is 0 Å². The molecular weight excluding hydrogens is 372 g/mol. The van der Waals surface area contributed by atoms with Crippen molar-refractivity contribution < 1.29 is 4.79 Å². The van der Waals surface area contributed by atoms with Crippen molar-refractivity contribution >= 4 is 11.9 Å². The summed E-state index contributed by atoms with van der Waals surface area (Å²) >= 11 is 0. The van der Waals surface area contributed by atoms with Crippen LogP contribution in [0.15, 0.2) is 59.6 Å². The summed E-state index contributed by atoms with van der Waals surface area (Å²) in [5.41, 5.74) is 3.30. The molecule has 0 fully saturated rings. The van der Waals surface area contributed by atoms with Crippen LogP contribution >= 0.6 is 0 Å². The molecule has 5 heteroatoms. The van der Waals surface area contributed by atoms with E-state index in [1.807, 2.05) is 18.2 Å². The Balaban J connectivity index is 1.94. The van der Waals surface area contributed by atoms with Gasteiger partial charge in [-0.2, -0.15) is 0 Å². The number of benzene rings is 2. The summed E-state index contributed by atoms with van der Waals surface area (Å²) in [6, 6.07) is 18.5. The minimum atomic E-state index is 0.0265. The first kappa shape index (κ1) is 23.5. The van der Waals surface area contributed by atoms with E-state index in [2.05, 4.69) is 65.9 Å². The van der Waals surface area contributed by atoms with Crippen molar-refractivity contribution in [1.29, 1.82) is 0 Å². The lowest BCUT2D eigenvalue weighted by molar-refractivity contribution is 0.0827. The molecule has 0 spiro atoms. The molecule has 0 saturated carbocycles. The van der Waals surface area contributed by atoms with Crippen LogP contribution in [-0.2, 0) is 11.8 Å². The molecule has 30 heavy (non-hydrogen) atoms. The molecule has 0 radical (unpaired) electrons. The monoisotopic (exact) mass is 408 g/mol. The smallest absolute Gasteiger partial charge is 0.253 e. The van der Waals surface area contributed by atoms with Crippen LogP contribution in [0.5, 0.6) is 0 Å². The molecule has 0 aromatic heterocycles. The van der Waals surface area contributed by atoms with E-state index in [9.17, 15) is 4.79 Å². The van der Waals surface area contributed by atoms with Gasteiger partial charge in [0.05, 0.1) is 0 Å². The van der Waals surface area contributed by atoms with Crippen LogP contribution in [0.4, 0.5) is 0 Å². The van der Waals surface area contributed by atoms with Crippen molar-refractivity contribution in [2.45, 2.75) is 38.5 Å². The minimum absolute atomic E-state index is 0.0265. The number of guanidine groups is 1. The molecule has 162 valence electrons. The molecule has 0 unspecified atom stereocenters. The summed E-state index contributed by atoms with van der Waals surface area (Å²) in [6.07, 6.45) is 2.94. The number of hydrogen-bond donors (Lipinski definition) is 2. The Morgan fingerprint density at radius 2 is 1.70 bits per heavy atom. The second-order valence-electron chi connectivity index (χ2n) is 7.86. The van der Waals surface area contributed by atoms with E-state index in [4.69, 9.17) is 0 Å². The molecule has 0 atom stereocenters. The van der Waals surface area contributed by atoms with E-state index in [1.165, 1.54) is 5.56 Å². The molecule has 0 aliphatic heterocycles. The van der Waals surface area contributed by atoms with Gasteiger partial charge in [0.25, 0.3) is 5.91 Å². The number of carbonyl (C=O) groups excluding carboxylic acids is 1. The molecule has 1 amide bonds. The third-order valence-electron chi connectivity index (χ3n) is 5.84. The summed E-state index contributed by atoms with van der Waals surface area (Å²) in [4.78, 5) is 18.1. The lowest BCUT2D eigenvalue weighted by atomic mass is 9.76. The topological polar surface area (TPSA) is 56.7 Å². The minimum Gasteiger partial charge on any atom is -0.356 e. The fourth-order valence-electron chi connectivity index (χ4n) is 3.72. The molecule has 2 N–H and O–H groups in total. The highest BCUT2D eigenvalue weighted by atomic mass is 16.2. The van der Waals surface area contributed by atoms with Crippen LogP contribution in [0.2, 0.25) is 0 Å². The molecule has 2 rings (SSSR count). The van der Waals surface area contributed by atoms with Crippen molar-refractivity contribution in [2.24, 2.45) is 4.99 Å². The number of carbonyl (C=O) groups is 1. The van der Waals surface area contributed by atoms with Crippen molar-refractivity contribution in [3.63, 3.8) is 0 Å². The van der Waals surface area contributed by atoms with Crippen molar-refractivity contribution in [3.8, 4) is 0 Å². The zero-order chi connectivity index (χ0) is 22.0. The number of amides is 1. The van der Waals surface area contributed by atoms with Gasteiger partial charge in [-0.3, -0.25) is 9.79 Å². The number of nitrogens with one attached hydrogen (secondary N) is 2. The molecule has 0 saturated heterocycles. The molecule has 5 nitrogen and oxygen atoms in total. The molecule has 0 aliphatic carbocycles.